The van der Waals surface area contributed by atoms with Gasteiger partial charge in [0.25, 0.3) is 11.8 Å². The summed E-state index contributed by atoms with van der Waals surface area (Å²) in [6, 6.07) is 20.2. The summed E-state index contributed by atoms with van der Waals surface area (Å²) in [4.78, 5) is 24.4. The number of rotatable bonds is 10. The zero-order valence-electron chi connectivity index (χ0n) is 19.0. The van der Waals surface area contributed by atoms with Crippen molar-refractivity contribution in [1.82, 2.24) is 10.0 Å². The molecule has 0 radical (unpaired) electrons. The van der Waals surface area contributed by atoms with Gasteiger partial charge in [-0.25, -0.2) is 13.1 Å². The number of amides is 2. The van der Waals surface area contributed by atoms with Crippen molar-refractivity contribution in [2.24, 2.45) is 0 Å². The van der Waals surface area contributed by atoms with Crippen LogP contribution in [0.1, 0.15) is 28.4 Å². The summed E-state index contributed by atoms with van der Waals surface area (Å²) in [5.74, 6) is -0.171. The highest BCUT2D eigenvalue weighted by Crippen LogP contribution is 2.20. The van der Waals surface area contributed by atoms with Gasteiger partial charge in [-0.05, 0) is 61.4 Å². The predicted molar refractivity (Wildman–Crippen MR) is 130 cm³/mol. The second kappa shape index (κ2) is 11.4. The number of ether oxygens (including phenoxy) is 1. The first-order valence-corrected chi connectivity index (χ1v) is 12.2. The summed E-state index contributed by atoms with van der Waals surface area (Å²) in [5.41, 5.74) is 2.22. The van der Waals surface area contributed by atoms with Gasteiger partial charge in [0.1, 0.15) is 5.75 Å². The Morgan fingerprint density at radius 1 is 0.941 bits per heavy atom. The molecule has 3 rings (SSSR count). The lowest BCUT2D eigenvalue weighted by atomic mass is 10.1. The third-order valence-corrected chi connectivity index (χ3v) is 6.33. The summed E-state index contributed by atoms with van der Waals surface area (Å²) in [7, 11) is -3.81. The van der Waals surface area contributed by atoms with E-state index in [4.69, 9.17) is 4.74 Å². The van der Waals surface area contributed by atoms with E-state index < -0.39 is 15.9 Å². The second-order valence-corrected chi connectivity index (χ2v) is 9.27. The van der Waals surface area contributed by atoms with Gasteiger partial charge in [-0.1, -0.05) is 36.4 Å². The lowest BCUT2D eigenvalue weighted by molar-refractivity contribution is -0.122. The summed E-state index contributed by atoms with van der Waals surface area (Å²) >= 11 is 0. The molecule has 3 N–H and O–H groups in total. The number of benzene rings is 3. The van der Waals surface area contributed by atoms with Crippen LogP contribution in [0.3, 0.4) is 0 Å². The van der Waals surface area contributed by atoms with Crippen LogP contribution < -0.4 is 20.1 Å². The first-order valence-electron chi connectivity index (χ1n) is 10.7. The van der Waals surface area contributed by atoms with E-state index in [-0.39, 0.29) is 29.5 Å². The van der Waals surface area contributed by atoms with Crippen LogP contribution in [0.5, 0.6) is 5.75 Å². The van der Waals surface area contributed by atoms with Crippen molar-refractivity contribution in [3.05, 3.63) is 89.5 Å². The minimum Gasteiger partial charge on any atom is -0.484 e. The fourth-order valence-corrected chi connectivity index (χ4v) is 4.14. The summed E-state index contributed by atoms with van der Waals surface area (Å²) in [5, 5.41) is 5.40. The van der Waals surface area contributed by atoms with E-state index in [1.54, 1.807) is 37.3 Å². The van der Waals surface area contributed by atoms with Gasteiger partial charge in [-0.15, -0.1) is 0 Å². The van der Waals surface area contributed by atoms with Crippen LogP contribution >= 0.6 is 0 Å². The Morgan fingerprint density at radius 3 is 2.32 bits per heavy atom. The summed E-state index contributed by atoms with van der Waals surface area (Å²) in [6.07, 6.45) is 0. The molecule has 0 heterocycles. The number of nitrogens with one attached hydrogen (secondary N) is 3. The molecule has 3 aromatic carbocycles. The topological polar surface area (TPSA) is 114 Å². The number of likely N-dealkylation sites (N-methyl/N-ethyl adjacent to an activating group) is 1. The Labute approximate surface area is 199 Å². The molecule has 0 spiro atoms. The molecule has 0 atom stereocenters. The highest BCUT2D eigenvalue weighted by molar-refractivity contribution is 7.89. The third kappa shape index (κ3) is 6.90. The molecule has 0 aliphatic carbocycles. The number of sulfonamides is 1. The zero-order valence-corrected chi connectivity index (χ0v) is 19.8. The molecule has 34 heavy (non-hydrogen) atoms. The fraction of sp³-hybridized carbons (Fsp3) is 0.200. The summed E-state index contributed by atoms with van der Waals surface area (Å²) < 4.78 is 33.5. The molecule has 8 nitrogen and oxygen atoms in total. The van der Waals surface area contributed by atoms with E-state index in [1.165, 1.54) is 12.1 Å². The van der Waals surface area contributed by atoms with Crippen LogP contribution in [0, 0.1) is 6.92 Å². The van der Waals surface area contributed by atoms with Gasteiger partial charge in [-0.3, -0.25) is 9.59 Å². The monoisotopic (exact) mass is 481 g/mol. The molecule has 0 saturated carbocycles. The molecule has 0 aromatic heterocycles. The lowest BCUT2D eigenvalue weighted by Gasteiger charge is -2.12. The first kappa shape index (κ1) is 24.9. The predicted octanol–water partition coefficient (Wildman–Crippen LogP) is 3.24. The average Bonchev–Trinajstić information content (AvgIpc) is 2.83. The number of carbonyl (C=O) groups excluding carboxylic acids is 2. The molecule has 0 bridgehead atoms. The SMILES string of the molecule is CCNC(=O)COc1ccc(NC(=O)c2cc(S(=O)(=O)NCc3ccccc3)ccc2C)cc1. The van der Waals surface area contributed by atoms with E-state index in [2.05, 4.69) is 15.4 Å². The lowest BCUT2D eigenvalue weighted by Crippen LogP contribution is -2.28. The number of hydrogen-bond acceptors (Lipinski definition) is 5. The van der Waals surface area contributed by atoms with Gasteiger partial charge in [-0.2, -0.15) is 0 Å². The maximum atomic E-state index is 12.9. The Balaban J connectivity index is 1.67. The maximum absolute atomic E-state index is 12.9. The van der Waals surface area contributed by atoms with E-state index >= 15 is 0 Å². The minimum absolute atomic E-state index is 0.00767. The first-order chi connectivity index (χ1) is 16.3. The standard InChI is InChI=1S/C25H27N3O5S/c1-3-26-24(29)17-33-21-12-10-20(11-13-21)28-25(30)23-15-22(14-9-18(23)2)34(31,32)27-16-19-7-5-4-6-8-19/h4-15,27H,3,16-17H2,1-2H3,(H,26,29)(H,28,30). The summed E-state index contributed by atoms with van der Waals surface area (Å²) in [6.45, 7) is 4.13. The Kier molecular flexibility index (Phi) is 8.39. The number of anilines is 1. The van der Waals surface area contributed by atoms with Crippen LogP contribution in [0.15, 0.2) is 77.7 Å². The van der Waals surface area contributed by atoms with Gasteiger partial charge in [0.05, 0.1) is 4.90 Å². The quantitative estimate of drug-likeness (QED) is 0.411. The highest BCUT2D eigenvalue weighted by Gasteiger charge is 2.18. The van der Waals surface area contributed by atoms with Gasteiger partial charge < -0.3 is 15.4 Å². The smallest absolute Gasteiger partial charge is 0.257 e. The van der Waals surface area contributed by atoms with Crippen LogP contribution in [-0.4, -0.2) is 33.4 Å². The highest BCUT2D eigenvalue weighted by atomic mass is 32.2. The Morgan fingerprint density at radius 2 is 1.65 bits per heavy atom. The molecular formula is C25H27N3O5S. The molecule has 3 aromatic rings. The molecule has 0 aliphatic rings. The van der Waals surface area contributed by atoms with Crippen molar-refractivity contribution in [3.8, 4) is 5.75 Å². The van der Waals surface area contributed by atoms with Crippen LogP contribution in [0.2, 0.25) is 0 Å². The molecule has 0 saturated heterocycles. The molecule has 0 fully saturated rings. The van der Waals surface area contributed by atoms with Gasteiger partial charge in [0.15, 0.2) is 6.61 Å². The molecule has 2 amide bonds. The van der Waals surface area contributed by atoms with Crippen molar-refractivity contribution < 1.29 is 22.7 Å². The molecule has 9 heteroatoms. The van der Waals surface area contributed by atoms with E-state index in [0.29, 0.717) is 23.5 Å². The minimum atomic E-state index is -3.81. The van der Waals surface area contributed by atoms with Crippen molar-refractivity contribution >= 4 is 27.5 Å². The van der Waals surface area contributed by atoms with Crippen molar-refractivity contribution in [1.29, 1.82) is 0 Å². The number of aryl methyl sites for hydroxylation is 1. The van der Waals surface area contributed by atoms with Gasteiger partial charge in [0.2, 0.25) is 10.0 Å². The van der Waals surface area contributed by atoms with Crippen molar-refractivity contribution in [2.75, 3.05) is 18.5 Å². The van der Waals surface area contributed by atoms with Gasteiger partial charge >= 0.3 is 0 Å². The fourth-order valence-electron chi connectivity index (χ4n) is 3.10. The molecule has 178 valence electrons. The average molecular weight is 482 g/mol. The zero-order chi connectivity index (χ0) is 24.6. The molecular weight excluding hydrogens is 454 g/mol. The maximum Gasteiger partial charge on any atom is 0.257 e. The van der Waals surface area contributed by atoms with E-state index in [1.807, 2.05) is 37.3 Å². The van der Waals surface area contributed by atoms with Crippen molar-refractivity contribution in [2.45, 2.75) is 25.3 Å². The number of hydrogen-bond donors (Lipinski definition) is 3. The Hall–Kier alpha value is -3.69. The van der Waals surface area contributed by atoms with Crippen molar-refractivity contribution in [3.63, 3.8) is 0 Å². The van der Waals surface area contributed by atoms with Crippen LogP contribution in [0.4, 0.5) is 5.69 Å². The van der Waals surface area contributed by atoms with Crippen LogP contribution in [0.25, 0.3) is 0 Å². The molecule has 0 aliphatic heterocycles. The van der Waals surface area contributed by atoms with E-state index in [0.717, 1.165) is 5.56 Å². The normalized spacial score (nSPS) is 11.0. The molecule has 0 unspecified atom stereocenters. The van der Waals surface area contributed by atoms with Gasteiger partial charge in [0, 0.05) is 24.3 Å². The third-order valence-electron chi connectivity index (χ3n) is 4.93. The Bertz CT molecular complexity index is 1240. The van der Waals surface area contributed by atoms with E-state index in [9.17, 15) is 18.0 Å². The van der Waals surface area contributed by atoms with Crippen LogP contribution in [-0.2, 0) is 21.4 Å². The number of carbonyl (C=O) groups is 2. The second-order valence-electron chi connectivity index (χ2n) is 7.51. The largest absolute Gasteiger partial charge is 0.484 e.